The Morgan fingerprint density at radius 2 is 2.00 bits per heavy atom. The van der Waals surface area contributed by atoms with Crippen LogP contribution in [0.5, 0.6) is 0 Å². The number of rotatable bonds is 2. The van der Waals surface area contributed by atoms with E-state index >= 15 is 0 Å². The summed E-state index contributed by atoms with van der Waals surface area (Å²) in [6.07, 6.45) is 0.731. The maximum absolute atomic E-state index is 9.72. The lowest BCUT2D eigenvalue weighted by atomic mass is 12.0. The highest BCUT2D eigenvalue weighted by Gasteiger charge is 1.97. The fourth-order valence-corrected chi connectivity index (χ4v) is 0.166. The smallest absolute Gasteiger partial charge is 0.233 e. The van der Waals surface area contributed by atoms with E-state index in [1.807, 2.05) is 0 Å². The summed E-state index contributed by atoms with van der Waals surface area (Å²) in [7, 11) is -3.65. The Hall–Kier alpha value is -0.650. The summed E-state index contributed by atoms with van der Waals surface area (Å²) in [6.45, 7) is 0. The topological polar surface area (TPSA) is 72.8 Å². The van der Waals surface area contributed by atoms with Crippen LogP contribution in [0.1, 0.15) is 0 Å². The van der Waals surface area contributed by atoms with Crippen LogP contribution in [-0.4, -0.2) is 14.7 Å². The molecule has 0 aromatic rings. The van der Waals surface area contributed by atoms with Crippen LogP contribution in [0.4, 0.5) is 0 Å². The first-order chi connectivity index (χ1) is 3.06. The van der Waals surface area contributed by atoms with E-state index in [4.69, 9.17) is 4.91 Å². The van der Waals surface area contributed by atoms with Crippen LogP contribution in [-0.2, 0) is 14.4 Å². The molecular weight excluding hydrogens is 122 g/mol. The van der Waals surface area contributed by atoms with Gasteiger partial charge >= 0.3 is 10.1 Å². The van der Waals surface area contributed by atoms with Gasteiger partial charge in [0.05, 0.1) is 6.26 Å². The summed E-state index contributed by atoms with van der Waals surface area (Å²) in [5.74, 6) is 0. The molecule has 0 aromatic heterocycles. The lowest BCUT2D eigenvalue weighted by Gasteiger charge is -1.82. The summed E-state index contributed by atoms with van der Waals surface area (Å²) < 4.78 is 22.7. The van der Waals surface area contributed by atoms with Crippen molar-refractivity contribution in [3.63, 3.8) is 0 Å². The Morgan fingerprint density at radius 1 is 1.57 bits per heavy atom. The summed E-state index contributed by atoms with van der Waals surface area (Å²) in [5, 5.41) is 1.67. The SMILES string of the molecule is CS(=O)(=O)ON=O. The van der Waals surface area contributed by atoms with Crippen LogP contribution in [0.3, 0.4) is 0 Å². The molecule has 0 radical (unpaired) electrons. The molecule has 42 valence electrons. The zero-order chi connectivity index (χ0) is 5.91. The van der Waals surface area contributed by atoms with Gasteiger partial charge in [0, 0.05) is 0 Å². The van der Waals surface area contributed by atoms with Gasteiger partial charge in [-0.15, -0.1) is 4.91 Å². The molecule has 0 amide bonds. The van der Waals surface area contributed by atoms with Gasteiger partial charge in [0.15, 0.2) is 5.34 Å². The van der Waals surface area contributed by atoms with Crippen LogP contribution < -0.4 is 0 Å². The summed E-state index contributed by atoms with van der Waals surface area (Å²) >= 11 is 0. The van der Waals surface area contributed by atoms with Crippen molar-refractivity contribution in [2.75, 3.05) is 6.26 Å². The van der Waals surface area contributed by atoms with Crippen molar-refractivity contribution in [2.45, 2.75) is 0 Å². The van der Waals surface area contributed by atoms with E-state index < -0.39 is 10.1 Å². The first-order valence-electron chi connectivity index (χ1n) is 1.27. The first-order valence-corrected chi connectivity index (χ1v) is 3.09. The van der Waals surface area contributed by atoms with Gasteiger partial charge < -0.3 is 0 Å². The largest absolute Gasteiger partial charge is 0.329 e. The first kappa shape index (κ1) is 6.35. The minimum Gasteiger partial charge on any atom is -0.233 e. The minimum atomic E-state index is -3.65. The van der Waals surface area contributed by atoms with Crippen molar-refractivity contribution in [1.82, 2.24) is 0 Å². The van der Waals surface area contributed by atoms with E-state index in [0.717, 1.165) is 6.26 Å². The van der Waals surface area contributed by atoms with Gasteiger partial charge in [0.2, 0.25) is 0 Å². The van der Waals surface area contributed by atoms with Gasteiger partial charge in [-0.05, 0) is 0 Å². The molecule has 6 heteroatoms. The molecule has 0 saturated carbocycles. The molecule has 0 saturated heterocycles. The molecule has 0 heterocycles. The van der Waals surface area contributed by atoms with Gasteiger partial charge in [0.25, 0.3) is 0 Å². The number of nitrogens with zero attached hydrogens (tertiary/aromatic N) is 1. The van der Waals surface area contributed by atoms with Gasteiger partial charge in [-0.2, -0.15) is 8.42 Å². The predicted octanol–water partition coefficient (Wildman–Crippen LogP) is -0.356. The van der Waals surface area contributed by atoms with Crippen LogP contribution in [0, 0.1) is 4.91 Å². The molecule has 0 rings (SSSR count). The molecule has 0 atom stereocenters. The zero-order valence-electron chi connectivity index (χ0n) is 3.49. The summed E-state index contributed by atoms with van der Waals surface area (Å²) in [6, 6.07) is 0. The summed E-state index contributed by atoms with van der Waals surface area (Å²) in [4.78, 5) is 8.97. The van der Waals surface area contributed by atoms with Crippen molar-refractivity contribution in [3.05, 3.63) is 4.91 Å². The molecule has 0 fully saturated rings. The second-order valence-corrected chi connectivity index (χ2v) is 2.41. The van der Waals surface area contributed by atoms with Crippen LogP contribution in [0.2, 0.25) is 0 Å². The highest BCUT2D eigenvalue weighted by atomic mass is 32.2. The van der Waals surface area contributed by atoms with Gasteiger partial charge in [-0.1, -0.05) is 0 Å². The quantitative estimate of drug-likeness (QED) is 0.373. The van der Waals surface area contributed by atoms with E-state index in [1.165, 1.54) is 0 Å². The van der Waals surface area contributed by atoms with Gasteiger partial charge in [-0.25, -0.2) is 4.28 Å². The molecule has 5 nitrogen and oxygen atoms in total. The normalized spacial score (nSPS) is 10.4. The monoisotopic (exact) mass is 125 g/mol. The van der Waals surface area contributed by atoms with E-state index in [-0.39, 0.29) is 0 Å². The number of hydrogen-bond donors (Lipinski definition) is 0. The van der Waals surface area contributed by atoms with Crippen molar-refractivity contribution < 1.29 is 12.7 Å². The van der Waals surface area contributed by atoms with Gasteiger partial charge in [-0.3, -0.25) is 0 Å². The maximum atomic E-state index is 9.72. The van der Waals surface area contributed by atoms with Crippen molar-refractivity contribution >= 4 is 10.1 Å². The van der Waals surface area contributed by atoms with Crippen molar-refractivity contribution in [1.29, 1.82) is 0 Å². The minimum absolute atomic E-state index is 0.731. The van der Waals surface area contributed by atoms with Gasteiger partial charge in [0.1, 0.15) is 0 Å². The maximum Gasteiger partial charge on any atom is 0.329 e. The third kappa shape index (κ3) is 5.35. The van der Waals surface area contributed by atoms with Crippen LogP contribution in [0.25, 0.3) is 0 Å². The molecule has 0 N–H and O–H groups in total. The van der Waals surface area contributed by atoms with Crippen LogP contribution in [0.15, 0.2) is 5.34 Å². The molecule has 0 aliphatic rings. The highest BCUT2D eigenvalue weighted by Crippen LogP contribution is 1.82. The van der Waals surface area contributed by atoms with Crippen LogP contribution >= 0.6 is 0 Å². The Kier molecular flexibility index (Phi) is 1.70. The highest BCUT2D eigenvalue weighted by molar-refractivity contribution is 7.85. The second kappa shape index (κ2) is 1.87. The zero-order valence-corrected chi connectivity index (χ0v) is 4.30. The third-order valence-corrected chi connectivity index (χ3v) is 0.497. The molecule has 7 heavy (non-hydrogen) atoms. The molecular formula is CH3NO4S. The average Bonchev–Trinajstić information content (AvgIpc) is 1.30. The fraction of sp³-hybridized carbons (Fsp3) is 1.00. The lowest BCUT2D eigenvalue weighted by molar-refractivity contribution is 0.337. The number of hydrogen-bond acceptors (Lipinski definition) is 5. The Bertz CT molecular complexity index is 145. The molecule has 0 spiro atoms. The van der Waals surface area contributed by atoms with E-state index in [0.29, 0.717) is 0 Å². The molecule has 0 aromatic carbocycles. The fourth-order valence-electron chi connectivity index (χ4n) is 0.0553. The third-order valence-electron chi connectivity index (χ3n) is 0.166. The Morgan fingerprint density at radius 3 is 2.00 bits per heavy atom. The standard InChI is InChI=1S/CH3NO4S/c1-7(4,5)6-2-3/h1H3. The molecule has 0 aliphatic carbocycles. The van der Waals surface area contributed by atoms with E-state index in [9.17, 15) is 8.42 Å². The molecule has 0 bridgehead atoms. The molecule has 0 aliphatic heterocycles. The second-order valence-electron chi connectivity index (χ2n) is 0.853. The van der Waals surface area contributed by atoms with E-state index in [1.54, 1.807) is 5.34 Å². The predicted molar refractivity (Wildman–Crippen MR) is 21.7 cm³/mol. The Labute approximate surface area is 40.3 Å². The lowest BCUT2D eigenvalue weighted by Crippen LogP contribution is -1.94. The average molecular weight is 125 g/mol. The summed E-state index contributed by atoms with van der Waals surface area (Å²) in [5.41, 5.74) is 0. The Balaban J connectivity index is 3.84. The molecule has 0 unspecified atom stereocenters. The van der Waals surface area contributed by atoms with Crippen molar-refractivity contribution in [2.24, 2.45) is 5.34 Å². The van der Waals surface area contributed by atoms with Crippen molar-refractivity contribution in [3.8, 4) is 0 Å². The van der Waals surface area contributed by atoms with E-state index in [2.05, 4.69) is 4.28 Å².